The molecule has 4 aromatic rings. The highest BCUT2D eigenvalue weighted by Crippen LogP contribution is 2.30. The van der Waals surface area contributed by atoms with Crippen molar-refractivity contribution in [3.05, 3.63) is 101 Å². The molecular formula is C28H26N4O3. The predicted molar refractivity (Wildman–Crippen MR) is 134 cm³/mol. The van der Waals surface area contributed by atoms with E-state index >= 15 is 0 Å². The van der Waals surface area contributed by atoms with Crippen molar-refractivity contribution in [3.8, 4) is 0 Å². The fourth-order valence-corrected chi connectivity index (χ4v) is 4.45. The largest absolute Gasteiger partial charge is 0.455 e. The minimum Gasteiger partial charge on any atom is -0.455 e. The predicted octanol–water partition coefficient (Wildman–Crippen LogP) is 4.88. The van der Waals surface area contributed by atoms with Gasteiger partial charge >= 0.3 is 0 Å². The van der Waals surface area contributed by atoms with Crippen molar-refractivity contribution < 1.29 is 14.0 Å². The number of para-hydroxylation sites is 1. The van der Waals surface area contributed by atoms with E-state index in [9.17, 15) is 9.59 Å². The van der Waals surface area contributed by atoms with Crippen LogP contribution in [0.2, 0.25) is 0 Å². The maximum absolute atomic E-state index is 13.2. The Kier molecular flexibility index (Phi) is 6.14. The van der Waals surface area contributed by atoms with E-state index in [0.29, 0.717) is 30.1 Å². The molecule has 0 saturated carbocycles. The van der Waals surface area contributed by atoms with E-state index < -0.39 is 0 Å². The summed E-state index contributed by atoms with van der Waals surface area (Å²) in [5, 5.41) is 5.39. The number of benzene rings is 2. The number of nitrogens with one attached hydrogen (secondary N) is 1. The number of hydrogen-bond donors (Lipinski definition) is 1. The quantitative estimate of drug-likeness (QED) is 0.425. The lowest BCUT2D eigenvalue weighted by molar-refractivity contribution is 0.0750. The van der Waals surface area contributed by atoms with E-state index in [4.69, 9.17) is 4.42 Å². The van der Waals surface area contributed by atoms with Gasteiger partial charge in [0.1, 0.15) is 11.5 Å². The van der Waals surface area contributed by atoms with E-state index in [2.05, 4.69) is 15.5 Å². The SMILES string of the molecule is Cc1c(C(=O)N(C)Cc2ccccc2)oc2c1/C(=N/NC(=O)c1ccc3ccccc3n1)CCC2. The number of amides is 2. The highest BCUT2D eigenvalue weighted by atomic mass is 16.4. The van der Waals surface area contributed by atoms with E-state index in [0.717, 1.165) is 46.2 Å². The third-order valence-electron chi connectivity index (χ3n) is 6.25. The molecule has 0 spiro atoms. The van der Waals surface area contributed by atoms with Crippen LogP contribution in [0.4, 0.5) is 0 Å². The van der Waals surface area contributed by atoms with E-state index in [1.165, 1.54) is 0 Å². The molecule has 1 N–H and O–H groups in total. The van der Waals surface area contributed by atoms with Crippen LogP contribution in [0.15, 0.2) is 76.2 Å². The van der Waals surface area contributed by atoms with Gasteiger partial charge < -0.3 is 9.32 Å². The monoisotopic (exact) mass is 466 g/mol. The van der Waals surface area contributed by atoms with Crippen LogP contribution in [0, 0.1) is 6.92 Å². The number of rotatable bonds is 5. The number of aryl methyl sites for hydroxylation is 1. The van der Waals surface area contributed by atoms with Crippen LogP contribution >= 0.6 is 0 Å². The van der Waals surface area contributed by atoms with Crippen molar-refractivity contribution in [1.29, 1.82) is 0 Å². The zero-order valence-corrected chi connectivity index (χ0v) is 19.7. The molecule has 176 valence electrons. The molecule has 7 nitrogen and oxygen atoms in total. The van der Waals surface area contributed by atoms with Crippen molar-refractivity contribution in [2.75, 3.05) is 7.05 Å². The summed E-state index contributed by atoms with van der Waals surface area (Å²) in [6, 6.07) is 21.0. The van der Waals surface area contributed by atoms with Gasteiger partial charge in [0.25, 0.3) is 11.8 Å². The summed E-state index contributed by atoms with van der Waals surface area (Å²) in [7, 11) is 1.77. The molecule has 2 heterocycles. The zero-order valence-electron chi connectivity index (χ0n) is 19.7. The van der Waals surface area contributed by atoms with Crippen LogP contribution in [0.3, 0.4) is 0 Å². The third kappa shape index (κ3) is 4.57. The molecule has 0 bridgehead atoms. The van der Waals surface area contributed by atoms with E-state index in [1.807, 2.05) is 67.6 Å². The van der Waals surface area contributed by atoms with Crippen LogP contribution in [-0.4, -0.2) is 34.5 Å². The fraction of sp³-hybridized carbons (Fsp3) is 0.214. The summed E-state index contributed by atoms with van der Waals surface area (Å²) in [5.41, 5.74) is 7.02. The standard InChI is InChI=1S/C28H26N4O3/c1-18-25-22(30-31-27(33)23-16-15-20-11-6-7-12-21(20)29-23)13-8-14-24(25)35-26(18)28(34)32(2)17-19-9-4-3-5-10-19/h3-7,9-12,15-16H,8,13-14,17H2,1-2H3,(H,31,33)/b30-22+. The lowest BCUT2D eigenvalue weighted by atomic mass is 9.93. The molecule has 0 atom stereocenters. The van der Waals surface area contributed by atoms with Crippen LogP contribution in [0.5, 0.6) is 0 Å². The second-order valence-electron chi connectivity index (χ2n) is 8.74. The van der Waals surface area contributed by atoms with Gasteiger partial charge in [0.05, 0.1) is 11.2 Å². The van der Waals surface area contributed by atoms with Gasteiger partial charge in [-0.15, -0.1) is 0 Å². The first-order valence-corrected chi connectivity index (χ1v) is 11.7. The molecule has 0 fully saturated rings. The van der Waals surface area contributed by atoms with Gasteiger partial charge in [-0.05, 0) is 37.5 Å². The number of carbonyl (C=O) groups is 2. The van der Waals surface area contributed by atoms with Crippen LogP contribution in [-0.2, 0) is 13.0 Å². The van der Waals surface area contributed by atoms with Gasteiger partial charge in [-0.25, -0.2) is 10.4 Å². The normalized spacial score (nSPS) is 14.1. The van der Waals surface area contributed by atoms with Gasteiger partial charge in [-0.3, -0.25) is 9.59 Å². The number of hydrazone groups is 1. The molecule has 1 aliphatic carbocycles. The van der Waals surface area contributed by atoms with Crippen molar-refractivity contribution in [2.24, 2.45) is 5.10 Å². The molecule has 2 aromatic carbocycles. The molecule has 35 heavy (non-hydrogen) atoms. The minimum atomic E-state index is -0.379. The summed E-state index contributed by atoms with van der Waals surface area (Å²) in [4.78, 5) is 32.0. The smallest absolute Gasteiger partial charge is 0.289 e. The molecule has 2 aromatic heterocycles. The van der Waals surface area contributed by atoms with E-state index in [1.54, 1.807) is 18.0 Å². The number of nitrogens with zero attached hydrogens (tertiary/aromatic N) is 3. The molecule has 2 amide bonds. The van der Waals surface area contributed by atoms with Gasteiger partial charge in [0, 0.05) is 36.5 Å². The second-order valence-corrected chi connectivity index (χ2v) is 8.74. The third-order valence-corrected chi connectivity index (χ3v) is 6.25. The number of aromatic nitrogens is 1. The molecule has 1 aliphatic rings. The summed E-state index contributed by atoms with van der Waals surface area (Å²) in [6.45, 7) is 2.36. The van der Waals surface area contributed by atoms with Gasteiger partial charge in [0.2, 0.25) is 0 Å². The summed E-state index contributed by atoms with van der Waals surface area (Å²) < 4.78 is 6.03. The molecule has 7 heteroatoms. The molecule has 0 unspecified atom stereocenters. The first-order chi connectivity index (χ1) is 17.0. The Morgan fingerprint density at radius 2 is 1.80 bits per heavy atom. The summed E-state index contributed by atoms with van der Waals surface area (Å²) in [6.07, 6.45) is 2.24. The van der Waals surface area contributed by atoms with Gasteiger partial charge in [-0.1, -0.05) is 54.6 Å². The fourth-order valence-electron chi connectivity index (χ4n) is 4.45. The molecule has 5 rings (SSSR count). The Bertz CT molecular complexity index is 1440. The number of carbonyl (C=O) groups excluding carboxylic acids is 2. The Hall–Kier alpha value is -4.26. The zero-order chi connectivity index (χ0) is 24.4. The molecule has 0 saturated heterocycles. The van der Waals surface area contributed by atoms with Gasteiger partial charge in [0.15, 0.2) is 5.76 Å². The number of furan rings is 1. The second kappa shape index (κ2) is 9.54. The average Bonchev–Trinajstić information content (AvgIpc) is 3.24. The maximum atomic E-state index is 13.2. The van der Waals surface area contributed by atoms with Crippen LogP contribution < -0.4 is 5.43 Å². The average molecular weight is 467 g/mol. The van der Waals surface area contributed by atoms with Crippen molar-refractivity contribution in [3.63, 3.8) is 0 Å². The Labute approximate surface area is 203 Å². The van der Waals surface area contributed by atoms with Gasteiger partial charge in [-0.2, -0.15) is 5.10 Å². The molecule has 0 aliphatic heterocycles. The highest BCUT2D eigenvalue weighted by molar-refractivity contribution is 6.07. The maximum Gasteiger partial charge on any atom is 0.289 e. The van der Waals surface area contributed by atoms with Crippen molar-refractivity contribution in [1.82, 2.24) is 15.3 Å². The van der Waals surface area contributed by atoms with Crippen molar-refractivity contribution >= 4 is 28.4 Å². The van der Waals surface area contributed by atoms with E-state index in [-0.39, 0.29) is 11.8 Å². The summed E-state index contributed by atoms with van der Waals surface area (Å²) in [5.74, 6) is 0.507. The number of hydrogen-bond acceptors (Lipinski definition) is 5. The highest BCUT2D eigenvalue weighted by Gasteiger charge is 2.29. The lowest BCUT2D eigenvalue weighted by Crippen LogP contribution is -2.26. The number of pyridine rings is 1. The molecular weight excluding hydrogens is 440 g/mol. The Morgan fingerprint density at radius 1 is 1.03 bits per heavy atom. The number of fused-ring (bicyclic) bond motifs is 2. The lowest BCUT2D eigenvalue weighted by Gasteiger charge is -2.16. The molecule has 0 radical (unpaired) electrons. The summed E-state index contributed by atoms with van der Waals surface area (Å²) >= 11 is 0. The topological polar surface area (TPSA) is 87.8 Å². The van der Waals surface area contributed by atoms with Crippen LogP contribution in [0.1, 0.15) is 56.3 Å². The Balaban J connectivity index is 1.36. The van der Waals surface area contributed by atoms with Crippen molar-refractivity contribution in [2.45, 2.75) is 32.7 Å². The minimum absolute atomic E-state index is 0.176. The first kappa shape index (κ1) is 22.5. The van der Waals surface area contributed by atoms with Crippen LogP contribution in [0.25, 0.3) is 10.9 Å². The first-order valence-electron chi connectivity index (χ1n) is 11.7. The Morgan fingerprint density at radius 3 is 2.63 bits per heavy atom.